The van der Waals surface area contributed by atoms with E-state index in [4.69, 9.17) is 9.39 Å². The maximum Gasteiger partial charge on any atom is 0.491 e. The van der Waals surface area contributed by atoms with E-state index >= 15 is 0 Å². The molecule has 1 aromatic carbocycles. The van der Waals surface area contributed by atoms with Crippen LogP contribution in [0.4, 0.5) is 5.69 Å². The van der Waals surface area contributed by atoms with Crippen LogP contribution >= 0.6 is 0 Å². The van der Waals surface area contributed by atoms with E-state index in [9.17, 15) is 10.1 Å². The molecule has 1 aromatic rings. The molecular weight excluding hydrogens is 281 g/mol. The Hall–Kier alpha value is -1.08. The predicted octanol–water partition coefficient (Wildman–Crippen LogP) is 0.777. The van der Waals surface area contributed by atoms with E-state index in [-0.39, 0.29) is 0 Å². The van der Waals surface area contributed by atoms with E-state index in [1.165, 1.54) is 0 Å². The van der Waals surface area contributed by atoms with Crippen LogP contribution < -0.4 is 10.4 Å². The minimum Gasteiger partial charge on any atom is -0.423 e. The number of ether oxygens (including phenoxy) is 1. The first-order chi connectivity index (χ1) is 10.2. The fraction of sp³-hybridized carbons (Fsp3) is 0.625. The second-order valence-electron chi connectivity index (χ2n) is 6.73. The molecule has 1 saturated heterocycles. The van der Waals surface area contributed by atoms with E-state index < -0.39 is 18.3 Å². The van der Waals surface area contributed by atoms with Crippen LogP contribution in [-0.4, -0.2) is 54.8 Å². The molecule has 0 aromatic heterocycles. The molecule has 2 rings (SSSR count). The highest BCUT2D eigenvalue weighted by Crippen LogP contribution is 2.25. The summed E-state index contributed by atoms with van der Waals surface area (Å²) < 4.78 is 11.1. The highest BCUT2D eigenvalue weighted by Gasteiger charge is 2.39. The standard InChI is InChI=1S/C16H26BNO4/c1-15(2,19)16(3,4)22-17(20)13-6-5-7-14(12-13)18-8-10-21-11-9-18/h5-7,12,19-20H,8-11H2,1-4H3. The third-order valence-corrected chi connectivity index (χ3v) is 4.41. The molecule has 0 unspecified atom stereocenters. The summed E-state index contributed by atoms with van der Waals surface area (Å²) in [7, 11) is -1.08. The maximum absolute atomic E-state index is 10.4. The van der Waals surface area contributed by atoms with Crippen molar-refractivity contribution in [3.8, 4) is 0 Å². The lowest BCUT2D eigenvalue weighted by molar-refractivity contribution is -0.0982. The number of aliphatic hydroxyl groups is 1. The summed E-state index contributed by atoms with van der Waals surface area (Å²) in [6.07, 6.45) is 0. The van der Waals surface area contributed by atoms with Gasteiger partial charge >= 0.3 is 7.12 Å². The van der Waals surface area contributed by atoms with E-state index in [0.29, 0.717) is 5.46 Å². The second-order valence-corrected chi connectivity index (χ2v) is 6.73. The average molecular weight is 307 g/mol. The molecule has 0 bridgehead atoms. The topological polar surface area (TPSA) is 62.2 Å². The Labute approximate surface area is 133 Å². The number of hydrogen-bond acceptors (Lipinski definition) is 5. The molecule has 0 amide bonds. The van der Waals surface area contributed by atoms with E-state index in [0.717, 1.165) is 32.0 Å². The maximum atomic E-state index is 10.4. The molecule has 1 aliphatic rings. The Morgan fingerprint density at radius 1 is 1.18 bits per heavy atom. The van der Waals surface area contributed by atoms with Crippen LogP contribution in [0.3, 0.4) is 0 Å². The number of rotatable bonds is 5. The van der Waals surface area contributed by atoms with Crippen molar-refractivity contribution in [2.24, 2.45) is 0 Å². The Balaban J connectivity index is 2.11. The number of morpholine rings is 1. The zero-order valence-corrected chi connectivity index (χ0v) is 13.9. The van der Waals surface area contributed by atoms with E-state index in [2.05, 4.69) is 4.90 Å². The molecule has 0 atom stereocenters. The quantitative estimate of drug-likeness (QED) is 0.787. The van der Waals surface area contributed by atoms with Crippen LogP contribution in [0.25, 0.3) is 0 Å². The van der Waals surface area contributed by atoms with Crippen molar-refractivity contribution in [2.75, 3.05) is 31.2 Å². The van der Waals surface area contributed by atoms with Crippen molar-refractivity contribution in [1.82, 2.24) is 0 Å². The van der Waals surface area contributed by atoms with Gasteiger partial charge in [0.05, 0.1) is 24.4 Å². The zero-order chi connectivity index (χ0) is 16.4. The van der Waals surface area contributed by atoms with Crippen LogP contribution in [0.1, 0.15) is 27.7 Å². The molecular formula is C16H26BNO4. The zero-order valence-electron chi connectivity index (χ0n) is 13.9. The smallest absolute Gasteiger partial charge is 0.423 e. The highest BCUT2D eigenvalue weighted by molar-refractivity contribution is 6.60. The van der Waals surface area contributed by atoms with Gasteiger partial charge in [0.15, 0.2) is 0 Å². The number of anilines is 1. The van der Waals surface area contributed by atoms with Gasteiger partial charge in [-0.1, -0.05) is 12.1 Å². The Bertz CT molecular complexity index is 495. The van der Waals surface area contributed by atoms with Crippen molar-refractivity contribution < 1.29 is 19.5 Å². The SMILES string of the molecule is CC(C)(O)C(C)(C)OB(O)c1cccc(N2CCOCC2)c1. The molecule has 2 N–H and O–H groups in total. The summed E-state index contributed by atoms with van der Waals surface area (Å²) in [5.41, 5.74) is -0.206. The molecule has 0 saturated carbocycles. The average Bonchev–Trinajstić information content (AvgIpc) is 2.47. The normalized spacial score (nSPS) is 16.7. The lowest BCUT2D eigenvalue weighted by atomic mass is 9.76. The molecule has 122 valence electrons. The van der Waals surface area contributed by atoms with Gasteiger partial charge in [0.1, 0.15) is 0 Å². The number of benzene rings is 1. The fourth-order valence-corrected chi connectivity index (χ4v) is 2.19. The van der Waals surface area contributed by atoms with Gasteiger partial charge in [-0.3, -0.25) is 0 Å². The van der Waals surface area contributed by atoms with Crippen molar-refractivity contribution in [3.63, 3.8) is 0 Å². The molecule has 6 heteroatoms. The first-order valence-electron chi connectivity index (χ1n) is 7.72. The predicted molar refractivity (Wildman–Crippen MR) is 88.5 cm³/mol. The van der Waals surface area contributed by atoms with E-state index in [1.807, 2.05) is 24.3 Å². The minimum absolute atomic E-state index is 0.682. The Morgan fingerprint density at radius 3 is 2.41 bits per heavy atom. The third-order valence-electron chi connectivity index (χ3n) is 4.41. The largest absolute Gasteiger partial charge is 0.491 e. The molecule has 1 heterocycles. The summed E-state index contributed by atoms with van der Waals surface area (Å²) in [6.45, 7) is 9.99. The Kier molecular flexibility index (Phi) is 5.17. The number of hydrogen-bond donors (Lipinski definition) is 2. The summed E-state index contributed by atoms with van der Waals surface area (Å²) >= 11 is 0. The number of nitrogens with zero attached hydrogens (tertiary/aromatic N) is 1. The lowest BCUT2D eigenvalue weighted by Gasteiger charge is -2.38. The molecule has 5 nitrogen and oxygen atoms in total. The highest BCUT2D eigenvalue weighted by atomic mass is 16.5. The van der Waals surface area contributed by atoms with Gasteiger partial charge in [-0.25, -0.2) is 0 Å². The van der Waals surface area contributed by atoms with Gasteiger partial charge in [-0.05, 0) is 45.3 Å². The Morgan fingerprint density at radius 2 is 1.82 bits per heavy atom. The van der Waals surface area contributed by atoms with Crippen molar-refractivity contribution in [1.29, 1.82) is 0 Å². The summed E-state index contributed by atoms with van der Waals surface area (Å²) in [6, 6.07) is 7.68. The van der Waals surface area contributed by atoms with Crippen molar-refractivity contribution in [3.05, 3.63) is 24.3 Å². The lowest BCUT2D eigenvalue weighted by Crippen LogP contribution is -2.53. The summed E-state index contributed by atoms with van der Waals surface area (Å²) in [5, 5.41) is 20.5. The van der Waals surface area contributed by atoms with Crippen LogP contribution in [0.15, 0.2) is 24.3 Å². The molecule has 1 aliphatic heterocycles. The van der Waals surface area contributed by atoms with Gasteiger partial charge in [-0.2, -0.15) is 0 Å². The van der Waals surface area contributed by atoms with Crippen LogP contribution in [-0.2, 0) is 9.39 Å². The van der Waals surface area contributed by atoms with Crippen molar-refractivity contribution in [2.45, 2.75) is 38.9 Å². The van der Waals surface area contributed by atoms with Crippen LogP contribution in [0.5, 0.6) is 0 Å². The van der Waals surface area contributed by atoms with Crippen LogP contribution in [0.2, 0.25) is 0 Å². The van der Waals surface area contributed by atoms with Gasteiger partial charge in [0.25, 0.3) is 0 Å². The van der Waals surface area contributed by atoms with E-state index in [1.54, 1.807) is 27.7 Å². The summed E-state index contributed by atoms with van der Waals surface area (Å²) in [4.78, 5) is 2.22. The monoisotopic (exact) mass is 307 g/mol. The van der Waals surface area contributed by atoms with Crippen molar-refractivity contribution >= 4 is 18.3 Å². The third kappa shape index (κ3) is 4.01. The first kappa shape index (κ1) is 17.3. The first-order valence-corrected chi connectivity index (χ1v) is 7.72. The molecule has 0 radical (unpaired) electrons. The fourth-order valence-electron chi connectivity index (χ4n) is 2.19. The van der Waals surface area contributed by atoms with Gasteiger partial charge in [0, 0.05) is 18.8 Å². The molecule has 0 aliphatic carbocycles. The second kappa shape index (κ2) is 6.58. The summed E-state index contributed by atoms with van der Waals surface area (Å²) in [5.74, 6) is 0. The molecule has 22 heavy (non-hydrogen) atoms. The van der Waals surface area contributed by atoms with Gasteiger partial charge in [0.2, 0.25) is 0 Å². The molecule has 1 fully saturated rings. The van der Waals surface area contributed by atoms with Crippen LogP contribution in [0, 0.1) is 0 Å². The van der Waals surface area contributed by atoms with Gasteiger partial charge < -0.3 is 24.4 Å². The van der Waals surface area contributed by atoms with Gasteiger partial charge in [-0.15, -0.1) is 0 Å². The molecule has 0 spiro atoms. The minimum atomic E-state index is -1.08.